The second-order valence-corrected chi connectivity index (χ2v) is 9.08. The first kappa shape index (κ1) is 37.1. The molecule has 0 saturated heterocycles. The molecule has 0 aliphatic rings. The SMILES string of the molecule is C=Cc1cc(CCCC(N)=O)ccc1OC.CC.NC=O.c1ccc(COCCc2ccc(Oc3ccccc3)cc2)cc1. The van der Waals surface area contributed by atoms with Gasteiger partial charge < -0.3 is 25.7 Å². The molecular weight excluding hydrogens is 552 g/mol. The Morgan fingerprint density at radius 1 is 0.795 bits per heavy atom. The van der Waals surface area contributed by atoms with E-state index in [4.69, 9.17) is 24.7 Å². The van der Waals surface area contributed by atoms with Gasteiger partial charge in [0, 0.05) is 12.0 Å². The van der Waals surface area contributed by atoms with Gasteiger partial charge in [-0.1, -0.05) is 93.2 Å². The predicted octanol–water partition coefficient (Wildman–Crippen LogP) is 7.51. The second kappa shape index (κ2) is 23.7. The maximum atomic E-state index is 10.6. The number of hydrogen-bond donors (Lipinski definition) is 2. The lowest BCUT2D eigenvalue weighted by Gasteiger charge is -2.07. The molecule has 0 aromatic heterocycles. The number of benzene rings is 4. The summed E-state index contributed by atoms with van der Waals surface area (Å²) in [5.41, 5.74) is 13.8. The minimum absolute atomic E-state index is 0.250. The van der Waals surface area contributed by atoms with Crippen molar-refractivity contribution >= 4 is 18.4 Å². The number of amides is 2. The molecule has 4 rings (SSSR count). The molecule has 234 valence electrons. The predicted molar refractivity (Wildman–Crippen MR) is 180 cm³/mol. The van der Waals surface area contributed by atoms with Crippen LogP contribution in [0.25, 0.3) is 6.08 Å². The standard InChI is InChI=1S/C21H20O2.C13H17NO2.C2H6.CH3NO/c1-3-7-19(8-4-1)17-22-16-15-18-11-13-21(14-12-18)23-20-9-5-2-6-10-20;1-3-11-9-10(5-4-6-13(14)15)7-8-12(11)16-2;1-2;2-1-3/h1-14H,15-17H2;3,7-9H,1,4-6H2,2H3,(H2,14,15);1-2H3;1H,(H2,2,3). The minimum Gasteiger partial charge on any atom is -0.496 e. The molecule has 0 radical (unpaired) electrons. The number of hydrogen-bond acceptors (Lipinski definition) is 5. The van der Waals surface area contributed by atoms with Crippen LogP contribution < -0.4 is 20.9 Å². The number of carbonyl (C=O) groups excluding carboxylic acids is 2. The number of methoxy groups -OCH3 is 1. The first-order valence-electron chi connectivity index (χ1n) is 14.7. The van der Waals surface area contributed by atoms with E-state index < -0.39 is 0 Å². The lowest BCUT2D eigenvalue weighted by atomic mass is 10.0. The van der Waals surface area contributed by atoms with Crippen LogP contribution in [0.2, 0.25) is 0 Å². The zero-order valence-corrected chi connectivity index (χ0v) is 26.1. The van der Waals surface area contributed by atoms with E-state index in [9.17, 15) is 4.79 Å². The maximum Gasteiger partial charge on any atom is 0.217 e. The number of rotatable bonds is 13. The van der Waals surface area contributed by atoms with Crippen molar-refractivity contribution in [2.45, 2.75) is 46.1 Å². The smallest absolute Gasteiger partial charge is 0.217 e. The van der Waals surface area contributed by atoms with E-state index >= 15 is 0 Å². The molecule has 0 fully saturated rings. The molecule has 0 heterocycles. The number of aryl methyl sites for hydroxylation is 1. The van der Waals surface area contributed by atoms with E-state index in [0.717, 1.165) is 47.6 Å². The fourth-order valence-corrected chi connectivity index (χ4v) is 3.87. The highest BCUT2D eigenvalue weighted by molar-refractivity contribution is 5.73. The van der Waals surface area contributed by atoms with Crippen LogP contribution in [-0.4, -0.2) is 26.0 Å². The fraction of sp³-hybridized carbons (Fsp3) is 0.243. The van der Waals surface area contributed by atoms with Crippen LogP contribution in [-0.2, 0) is 33.8 Å². The van der Waals surface area contributed by atoms with Gasteiger partial charge in [0.2, 0.25) is 12.3 Å². The van der Waals surface area contributed by atoms with Crippen molar-refractivity contribution in [2.24, 2.45) is 11.5 Å². The molecule has 4 aromatic rings. The Balaban J connectivity index is 0.000000404. The summed E-state index contributed by atoms with van der Waals surface area (Å²) in [6, 6.07) is 34.1. The lowest BCUT2D eigenvalue weighted by Crippen LogP contribution is -2.10. The van der Waals surface area contributed by atoms with Gasteiger partial charge >= 0.3 is 0 Å². The van der Waals surface area contributed by atoms with Crippen LogP contribution in [0.1, 0.15) is 48.9 Å². The zero-order chi connectivity index (χ0) is 32.4. The van der Waals surface area contributed by atoms with Gasteiger partial charge in [0.1, 0.15) is 17.2 Å². The van der Waals surface area contributed by atoms with Crippen LogP contribution in [0.4, 0.5) is 0 Å². The molecule has 44 heavy (non-hydrogen) atoms. The molecule has 0 spiro atoms. The van der Waals surface area contributed by atoms with Crippen LogP contribution >= 0.6 is 0 Å². The summed E-state index contributed by atoms with van der Waals surface area (Å²) in [4.78, 5) is 19.2. The van der Waals surface area contributed by atoms with Crippen molar-refractivity contribution in [1.29, 1.82) is 0 Å². The molecule has 4 N–H and O–H groups in total. The van der Waals surface area contributed by atoms with Gasteiger partial charge in [-0.15, -0.1) is 0 Å². The van der Waals surface area contributed by atoms with Crippen molar-refractivity contribution < 1.29 is 23.8 Å². The topological polar surface area (TPSA) is 114 Å². The average molecular weight is 599 g/mol. The molecule has 0 unspecified atom stereocenters. The molecule has 7 nitrogen and oxygen atoms in total. The Hall–Kier alpha value is -4.88. The van der Waals surface area contributed by atoms with E-state index in [1.54, 1.807) is 13.2 Å². The highest BCUT2D eigenvalue weighted by Crippen LogP contribution is 2.22. The highest BCUT2D eigenvalue weighted by atomic mass is 16.5. The third-order valence-electron chi connectivity index (χ3n) is 5.95. The first-order valence-corrected chi connectivity index (χ1v) is 14.7. The molecular formula is C37H46N2O5. The largest absolute Gasteiger partial charge is 0.496 e. The van der Waals surface area contributed by atoms with E-state index in [2.05, 4.69) is 36.6 Å². The molecule has 0 aliphatic heterocycles. The van der Waals surface area contributed by atoms with Gasteiger partial charge in [0.15, 0.2) is 0 Å². The highest BCUT2D eigenvalue weighted by Gasteiger charge is 2.02. The van der Waals surface area contributed by atoms with Crippen molar-refractivity contribution in [2.75, 3.05) is 13.7 Å². The summed E-state index contributed by atoms with van der Waals surface area (Å²) in [7, 11) is 1.63. The summed E-state index contributed by atoms with van der Waals surface area (Å²) in [5, 5.41) is 0. The summed E-state index contributed by atoms with van der Waals surface area (Å²) < 4.78 is 16.7. The Labute approximate surface area is 262 Å². The zero-order valence-electron chi connectivity index (χ0n) is 26.1. The summed E-state index contributed by atoms with van der Waals surface area (Å²) in [5.74, 6) is 2.27. The van der Waals surface area contributed by atoms with Crippen molar-refractivity contribution in [3.8, 4) is 17.2 Å². The molecule has 0 atom stereocenters. The van der Waals surface area contributed by atoms with Crippen LogP contribution in [0.15, 0.2) is 110 Å². The monoisotopic (exact) mass is 598 g/mol. The fourth-order valence-electron chi connectivity index (χ4n) is 3.87. The molecule has 4 aromatic carbocycles. The van der Waals surface area contributed by atoms with Crippen molar-refractivity contribution in [1.82, 2.24) is 0 Å². The lowest BCUT2D eigenvalue weighted by molar-refractivity contribution is -0.118. The summed E-state index contributed by atoms with van der Waals surface area (Å²) >= 11 is 0. The van der Waals surface area contributed by atoms with E-state index in [1.165, 1.54) is 11.1 Å². The average Bonchev–Trinajstić information content (AvgIpc) is 3.06. The van der Waals surface area contributed by atoms with Gasteiger partial charge in [0.05, 0.1) is 20.3 Å². The molecule has 0 saturated carbocycles. The van der Waals surface area contributed by atoms with Crippen molar-refractivity contribution in [3.05, 3.63) is 132 Å². The van der Waals surface area contributed by atoms with Crippen LogP contribution in [0.5, 0.6) is 17.2 Å². The summed E-state index contributed by atoms with van der Waals surface area (Å²) in [6.07, 6.45) is 4.95. The molecule has 0 aliphatic carbocycles. The summed E-state index contributed by atoms with van der Waals surface area (Å²) in [6.45, 7) is 9.11. The third kappa shape index (κ3) is 15.9. The second-order valence-electron chi connectivity index (χ2n) is 9.08. The number of nitrogens with two attached hydrogens (primary N) is 2. The van der Waals surface area contributed by atoms with Crippen molar-refractivity contribution in [3.63, 3.8) is 0 Å². The number of carbonyl (C=O) groups is 2. The molecule has 7 heteroatoms. The minimum atomic E-state index is -0.252. The quantitative estimate of drug-likeness (QED) is 0.122. The molecule has 0 bridgehead atoms. The number of ether oxygens (including phenoxy) is 3. The van der Waals surface area contributed by atoms with Gasteiger partial charge in [-0.3, -0.25) is 9.59 Å². The Morgan fingerprint density at radius 2 is 1.36 bits per heavy atom. The van der Waals surface area contributed by atoms with Gasteiger partial charge in [-0.05, 0) is 72.4 Å². The van der Waals surface area contributed by atoms with Crippen LogP contribution in [0, 0.1) is 0 Å². The van der Waals surface area contributed by atoms with E-state index in [1.807, 2.05) is 92.7 Å². The van der Waals surface area contributed by atoms with Gasteiger partial charge in [0.25, 0.3) is 0 Å². The molecule has 2 amide bonds. The van der Waals surface area contributed by atoms with Crippen LogP contribution in [0.3, 0.4) is 0 Å². The number of primary amides is 2. The third-order valence-corrected chi connectivity index (χ3v) is 5.95. The first-order chi connectivity index (χ1) is 21.5. The number of para-hydroxylation sites is 1. The Kier molecular flexibility index (Phi) is 20.0. The van der Waals surface area contributed by atoms with Gasteiger partial charge in [-0.25, -0.2) is 0 Å². The van der Waals surface area contributed by atoms with E-state index in [-0.39, 0.29) is 12.3 Å². The van der Waals surface area contributed by atoms with E-state index in [0.29, 0.717) is 19.6 Å². The Bertz CT molecular complexity index is 1330. The maximum absolute atomic E-state index is 10.6. The van der Waals surface area contributed by atoms with Gasteiger partial charge in [-0.2, -0.15) is 0 Å². The normalized spacial score (nSPS) is 9.43. The Morgan fingerprint density at radius 3 is 1.93 bits per heavy atom.